The number of aromatic amines is 1. The smallest absolute Gasteiger partial charge is 0.259 e. The molecule has 0 aliphatic heterocycles. The third-order valence-corrected chi connectivity index (χ3v) is 7.04. The Morgan fingerprint density at radius 2 is 1.87 bits per heavy atom. The molecule has 0 bridgehead atoms. The molecule has 2 aromatic carbocycles. The molecule has 1 aliphatic rings. The van der Waals surface area contributed by atoms with Crippen LogP contribution >= 0.6 is 11.3 Å². The van der Waals surface area contributed by atoms with Crippen LogP contribution in [-0.2, 0) is 19.4 Å². The Bertz CT molecular complexity index is 1240. The number of rotatable bonds is 5. The fourth-order valence-electron chi connectivity index (χ4n) is 4.19. The molecule has 2 N–H and O–H groups in total. The van der Waals surface area contributed by atoms with Gasteiger partial charge in [-0.15, -0.1) is 11.3 Å². The highest BCUT2D eigenvalue weighted by atomic mass is 32.1. The van der Waals surface area contributed by atoms with E-state index in [9.17, 15) is 4.79 Å². The van der Waals surface area contributed by atoms with Gasteiger partial charge in [0.15, 0.2) is 0 Å². The van der Waals surface area contributed by atoms with E-state index in [0.29, 0.717) is 17.8 Å². The number of H-pyrrole nitrogens is 1. The highest BCUT2D eigenvalue weighted by Crippen LogP contribution is 2.30. The van der Waals surface area contributed by atoms with Gasteiger partial charge < -0.3 is 10.3 Å². The van der Waals surface area contributed by atoms with Crippen molar-refractivity contribution in [3.8, 4) is 10.4 Å². The molecule has 4 aromatic rings. The van der Waals surface area contributed by atoms with Crippen LogP contribution in [0.2, 0.25) is 0 Å². The van der Waals surface area contributed by atoms with Crippen molar-refractivity contribution in [2.45, 2.75) is 45.2 Å². The highest BCUT2D eigenvalue weighted by Gasteiger charge is 2.14. The number of hydrogen-bond acceptors (Lipinski definition) is 4. The summed E-state index contributed by atoms with van der Waals surface area (Å²) in [7, 11) is 0. The van der Waals surface area contributed by atoms with Crippen LogP contribution in [0.5, 0.6) is 0 Å². The van der Waals surface area contributed by atoms with Gasteiger partial charge in [-0.05, 0) is 60.9 Å². The average molecular weight is 416 g/mol. The van der Waals surface area contributed by atoms with Crippen molar-refractivity contribution < 1.29 is 0 Å². The van der Waals surface area contributed by atoms with Crippen LogP contribution in [0.3, 0.4) is 0 Å². The molecule has 1 aliphatic carbocycles. The summed E-state index contributed by atoms with van der Waals surface area (Å²) in [5.74, 6) is 0.679. The monoisotopic (exact) mass is 415 g/mol. The molecular weight excluding hydrogens is 390 g/mol. The van der Waals surface area contributed by atoms with Crippen LogP contribution < -0.4 is 10.9 Å². The van der Waals surface area contributed by atoms with Gasteiger partial charge in [-0.1, -0.05) is 48.5 Å². The summed E-state index contributed by atoms with van der Waals surface area (Å²) in [6, 6.07) is 19.1. The van der Waals surface area contributed by atoms with Crippen LogP contribution in [0.25, 0.3) is 20.7 Å². The Balaban J connectivity index is 1.34. The quantitative estimate of drug-likeness (QED) is 0.460. The van der Waals surface area contributed by atoms with Crippen LogP contribution in [0.1, 0.15) is 48.3 Å². The predicted molar refractivity (Wildman–Crippen MR) is 124 cm³/mol. The largest absolute Gasteiger partial charge is 0.309 e. The van der Waals surface area contributed by atoms with Gasteiger partial charge in [0, 0.05) is 10.9 Å². The van der Waals surface area contributed by atoms with E-state index in [-0.39, 0.29) is 11.6 Å². The normalized spacial score (nSPS) is 14.6. The number of hydrogen-bond donors (Lipinski definition) is 2. The maximum atomic E-state index is 12.6. The molecule has 2 aromatic heterocycles. The lowest BCUT2D eigenvalue weighted by Crippen LogP contribution is -2.22. The molecule has 0 radical (unpaired) electrons. The Labute approximate surface area is 180 Å². The average Bonchev–Trinajstić information content (AvgIpc) is 3.23. The molecule has 2 heterocycles. The first-order chi connectivity index (χ1) is 14.7. The number of aryl methyl sites for hydroxylation is 2. The van der Waals surface area contributed by atoms with Crippen molar-refractivity contribution in [2.75, 3.05) is 0 Å². The number of fused-ring (bicyclic) bond motifs is 2. The summed E-state index contributed by atoms with van der Waals surface area (Å²) in [5.41, 5.74) is 5.33. The van der Waals surface area contributed by atoms with E-state index in [1.54, 1.807) is 11.3 Å². The van der Waals surface area contributed by atoms with Gasteiger partial charge in [-0.2, -0.15) is 0 Å². The van der Waals surface area contributed by atoms with Gasteiger partial charge in [-0.3, -0.25) is 4.79 Å². The van der Waals surface area contributed by atoms with Gasteiger partial charge in [0.05, 0.1) is 11.9 Å². The second-order valence-electron chi connectivity index (χ2n) is 8.05. The minimum Gasteiger partial charge on any atom is -0.309 e. The van der Waals surface area contributed by atoms with Gasteiger partial charge in [0.1, 0.15) is 10.7 Å². The Morgan fingerprint density at radius 1 is 1.07 bits per heavy atom. The minimum absolute atomic E-state index is 0.0725. The van der Waals surface area contributed by atoms with E-state index in [2.05, 4.69) is 47.6 Å². The first kappa shape index (κ1) is 19.2. The summed E-state index contributed by atoms with van der Waals surface area (Å²) >= 11 is 1.57. The van der Waals surface area contributed by atoms with Crippen LogP contribution in [-0.4, -0.2) is 9.97 Å². The van der Waals surface area contributed by atoms with Gasteiger partial charge >= 0.3 is 0 Å². The maximum absolute atomic E-state index is 12.6. The van der Waals surface area contributed by atoms with Crippen molar-refractivity contribution in [1.82, 2.24) is 15.3 Å². The molecular formula is C25H25N3OS. The molecule has 152 valence electrons. The predicted octanol–water partition coefficient (Wildman–Crippen LogP) is 5.38. The summed E-state index contributed by atoms with van der Waals surface area (Å²) in [6.07, 6.45) is 4.98. The Kier molecular flexibility index (Phi) is 5.23. The molecule has 0 saturated heterocycles. The zero-order valence-corrected chi connectivity index (χ0v) is 17.9. The number of nitrogens with zero attached hydrogens (tertiary/aromatic N) is 1. The Morgan fingerprint density at radius 3 is 2.70 bits per heavy atom. The highest BCUT2D eigenvalue weighted by molar-refractivity contribution is 7.21. The van der Waals surface area contributed by atoms with Crippen molar-refractivity contribution in [2.24, 2.45) is 0 Å². The van der Waals surface area contributed by atoms with Crippen LogP contribution in [0.15, 0.2) is 59.4 Å². The summed E-state index contributed by atoms with van der Waals surface area (Å²) in [5, 5.41) is 4.18. The van der Waals surface area contributed by atoms with Gasteiger partial charge in [0.25, 0.3) is 5.56 Å². The van der Waals surface area contributed by atoms with Crippen molar-refractivity contribution in [3.63, 3.8) is 0 Å². The standard InChI is InChI=1S/C25H25N3OS/c1-16(19-12-11-17-7-5-6-10-20(17)13-19)26-15-23-27-24(29)21-14-22(30-25(21)28-23)18-8-3-2-4-9-18/h2-4,8-9,11-14,16,26H,5-7,10,15H2,1H3,(H,27,28,29)/t16-/m1/s1. The number of aromatic nitrogens is 2. The first-order valence-corrected chi connectivity index (χ1v) is 11.4. The van der Waals surface area contributed by atoms with E-state index in [4.69, 9.17) is 4.98 Å². The van der Waals surface area contributed by atoms with E-state index >= 15 is 0 Å². The number of nitrogens with one attached hydrogen (secondary N) is 2. The molecule has 0 fully saturated rings. The first-order valence-electron chi connectivity index (χ1n) is 10.6. The van der Waals surface area contributed by atoms with Crippen LogP contribution in [0.4, 0.5) is 0 Å². The molecule has 5 rings (SSSR count). The molecule has 30 heavy (non-hydrogen) atoms. The summed E-state index contributed by atoms with van der Waals surface area (Å²) in [4.78, 5) is 22.1. The molecule has 0 unspecified atom stereocenters. The molecule has 0 amide bonds. The van der Waals surface area contributed by atoms with E-state index < -0.39 is 0 Å². The molecule has 1 atom stereocenters. The summed E-state index contributed by atoms with van der Waals surface area (Å²) in [6.45, 7) is 2.70. The van der Waals surface area contributed by atoms with Crippen molar-refractivity contribution in [3.05, 3.63) is 87.5 Å². The lowest BCUT2D eigenvalue weighted by atomic mass is 9.89. The zero-order chi connectivity index (χ0) is 20.5. The third-order valence-electron chi connectivity index (χ3n) is 5.96. The lowest BCUT2D eigenvalue weighted by molar-refractivity contribution is 0.558. The SMILES string of the molecule is C[C@@H](NCc1nc2sc(-c3ccccc3)cc2c(=O)[nH]1)c1ccc2c(c1)CCCC2. The maximum Gasteiger partial charge on any atom is 0.259 e. The molecule has 0 saturated carbocycles. The third kappa shape index (κ3) is 3.83. The molecule has 5 heteroatoms. The molecule has 4 nitrogen and oxygen atoms in total. The zero-order valence-electron chi connectivity index (χ0n) is 17.1. The topological polar surface area (TPSA) is 57.8 Å². The van der Waals surface area contributed by atoms with Gasteiger partial charge in [-0.25, -0.2) is 4.98 Å². The van der Waals surface area contributed by atoms with Crippen molar-refractivity contribution in [1.29, 1.82) is 0 Å². The lowest BCUT2D eigenvalue weighted by Gasteiger charge is -2.20. The Hall–Kier alpha value is -2.76. The second kappa shape index (κ2) is 8.17. The van der Waals surface area contributed by atoms with Crippen LogP contribution in [0, 0.1) is 0 Å². The summed E-state index contributed by atoms with van der Waals surface area (Å²) < 4.78 is 0. The van der Waals surface area contributed by atoms with Crippen molar-refractivity contribution >= 4 is 21.6 Å². The van der Waals surface area contributed by atoms with E-state index in [1.165, 1.54) is 42.4 Å². The van der Waals surface area contributed by atoms with E-state index in [0.717, 1.165) is 15.3 Å². The second-order valence-corrected chi connectivity index (χ2v) is 9.08. The fourth-order valence-corrected chi connectivity index (χ4v) is 5.25. The molecule has 0 spiro atoms. The number of thiophene rings is 1. The van der Waals surface area contributed by atoms with E-state index in [1.807, 2.05) is 24.3 Å². The van der Waals surface area contributed by atoms with Gasteiger partial charge in [0.2, 0.25) is 0 Å². The number of benzene rings is 2. The minimum atomic E-state index is -0.0725. The fraction of sp³-hybridized carbons (Fsp3) is 0.280.